The number of hydrogen-bond donors (Lipinski definition) is 1. The molecule has 2 rings (SSSR count). The number of aryl methyl sites for hydroxylation is 1. The number of rotatable bonds is 6. The van der Waals surface area contributed by atoms with Crippen molar-refractivity contribution in [3.05, 3.63) is 35.4 Å². The number of ketones is 1. The van der Waals surface area contributed by atoms with Gasteiger partial charge in [-0.1, -0.05) is 31.2 Å². The Hall–Kier alpha value is -1.39. The zero-order valence-corrected chi connectivity index (χ0v) is 15.5. The number of benzene rings is 1. The summed E-state index contributed by atoms with van der Waals surface area (Å²) in [6, 6.07) is 7.79. The van der Waals surface area contributed by atoms with Crippen molar-refractivity contribution in [2.45, 2.75) is 52.0 Å². The highest BCUT2D eigenvalue weighted by Crippen LogP contribution is 2.20. The van der Waals surface area contributed by atoms with E-state index in [1.807, 2.05) is 36.1 Å². The molecule has 0 spiro atoms. The molecule has 0 aliphatic carbocycles. The number of piperidine rings is 1. The lowest BCUT2D eigenvalue weighted by Crippen LogP contribution is -2.45. The van der Waals surface area contributed by atoms with E-state index in [0.717, 1.165) is 32.4 Å². The summed E-state index contributed by atoms with van der Waals surface area (Å²) in [6.45, 7) is 5.61. The van der Waals surface area contributed by atoms with Gasteiger partial charge in [-0.15, -0.1) is 12.4 Å². The lowest BCUT2D eigenvalue weighted by Gasteiger charge is -2.34. The molecule has 0 bridgehead atoms. The molecule has 5 heteroatoms. The smallest absolute Gasteiger partial charge is 0.223 e. The minimum Gasteiger partial charge on any atom is -0.342 e. The zero-order valence-electron chi connectivity index (χ0n) is 14.7. The molecule has 1 aliphatic rings. The molecule has 1 aromatic carbocycles. The normalized spacial score (nSPS) is 18.6. The first-order chi connectivity index (χ1) is 11.0. The molecule has 1 aromatic rings. The summed E-state index contributed by atoms with van der Waals surface area (Å²) in [4.78, 5) is 26.4. The van der Waals surface area contributed by atoms with Gasteiger partial charge in [0.15, 0.2) is 5.78 Å². The van der Waals surface area contributed by atoms with Crippen molar-refractivity contribution in [1.82, 2.24) is 4.90 Å². The number of nitrogens with zero attached hydrogens (tertiary/aromatic N) is 1. The van der Waals surface area contributed by atoms with Crippen LogP contribution in [0.5, 0.6) is 0 Å². The molecule has 2 atom stereocenters. The molecular weight excluding hydrogens is 324 g/mol. The predicted molar refractivity (Wildman–Crippen MR) is 99.6 cm³/mol. The largest absolute Gasteiger partial charge is 0.342 e. The highest BCUT2D eigenvalue weighted by atomic mass is 35.5. The standard InChI is InChI=1S/C19H28N2O2.ClH/c1-3-15-6-8-16(9-7-15)18(22)10-11-19(23)21-12-4-5-17(13-21)14(2)20;/h6-9,14,17H,3-5,10-13,20H2,1-2H3;1H. The average Bonchev–Trinajstić information content (AvgIpc) is 2.59. The summed E-state index contributed by atoms with van der Waals surface area (Å²) in [6.07, 6.45) is 3.63. The Morgan fingerprint density at radius 1 is 1.25 bits per heavy atom. The maximum absolute atomic E-state index is 12.3. The van der Waals surface area contributed by atoms with Crippen LogP contribution in [0.15, 0.2) is 24.3 Å². The third-order valence-electron chi connectivity index (χ3n) is 4.80. The summed E-state index contributed by atoms with van der Waals surface area (Å²) in [5.74, 6) is 0.501. The first-order valence-corrected chi connectivity index (χ1v) is 8.66. The number of halogens is 1. The molecule has 1 amide bonds. The van der Waals surface area contributed by atoms with Crippen LogP contribution in [-0.2, 0) is 11.2 Å². The average molecular weight is 353 g/mol. The maximum atomic E-state index is 12.3. The van der Waals surface area contributed by atoms with Crippen LogP contribution in [0, 0.1) is 5.92 Å². The van der Waals surface area contributed by atoms with E-state index in [4.69, 9.17) is 5.73 Å². The molecule has 0 radical (unpaired) electrons. The van der Waals surface area contributed by atoms with E-state index in [1.165, 1.54) is 5.56 Å². The van der Waals surface area contributed by atoms with Gasteiger partial charge in [-0.25, -0.2) is 0 Å². The number of nitrogens with two attached hydrogens (primary N) is 1. The van der Waals surface area contributed by atoms with Crippen molar-refractivity contribution < 1.29 is 9.59 Å². The van der Waals surface area contributed by atoms with Gasteiger partial charge in [-0.3, -0.25) is 9.59 Å². The van der Waals surface area contributed by atoms with Gasteiger partial charge in [-0.05, 0) is 37.7 Å². The summed E-state index contributed by atoms with van der Waals surface area (Å²) in [7, 11) is 0. The monoisotopic (exact) mass is 352 g/mol. The van der Waals surface area contributed by atoms with Crippen molar-refractivity contribution in [2.75, 3.05) is 13.1 Å². The van der Waals surface area contributed by atoms with Crippen LogP contribution in [0.25, 0.3) is 0 Å². The Kier molecular flexibility index (Phi) is 8.43. The van der Waals surface area contributed by atoms with Crippen molar-refractivity contribution in [3.8, 4) is 0 Å². The van der Waals surface area contributed by atoms with E-state index in [1.54, 1.807) is 0 Å². The maximum Gasteiger partial charge on any atom is 0.223 e. The van der Waals surface area contributed by atoms with Gasteiger partial charge < -0.3 is 10.6 Å². The highest BCUT2D eigenvalue weighted by molar-refractivity contribution is 5.98. The van der Waals surface area contributed by atoms with Crippen LogP contribution in [-0.4, -0.2) is 35.7 Å². The number of carbonyl (C=O) groups excluding carboxylic acids is 2. The minimum absolute atomic E-state index is 0. The highest BCUT2D eigenvalue weighted by Gasteiger charge is 2.25. The second kappa shape index (κ2) is 9.80. The molecule has 1 aliphatic heterocycles. The second-order valence-electron chi connectivity index (χ2n) is 6.57. The summed E-state index contributed by atoms with van der Waals surface area (Å²) < 4.78 is 0. The number of hydrogen-bond acceptors (Lipinski definition) is 3. The topological polar surface area (TPSA) is 63.4 Å². The van der Waals surface area contributed by atoms with Crippen LogP contribution in [0.4, 0.5) is 0 Å². The molecule has 2 unspecified atom stereocenters. The van der Waals surface area contributed by atoms with Crippen LogP contribution >= 0.6 is 12.4 Å². The Bertz CT molecular complexity index is 543. The van der Waals surface area contributed by atoms with Gasteiger partial charge in [-0.2, -0.15) is 0 Å². The van der Waals surface area contributed by atoms with E-state index in [9.17, 15) is 9.59 Å². The first kappa shape index (κ1) is 20.7. The fourth-order valence-corrected chi connectivity index (χ4v) is 3.11. The molecular formula is C19H29ClN2O2. The predicted octanol–water partition coefficient (Wildman–Crippen LogP) is 3.22. The van der Waals surface area contributed by atoms with Gasteiger partial charge in [0, 0.05) is 37.5 Å². The third kappa shape index (κ3) is 5.60. The number of carbonyl (C=O) groups is 2. The van der Waals surface area contributed by atoms with Crippen LogP contribution in [0.2, 0.25) is 0 Å². The van der Waals surface area contributed by atoms with E-state index >= 15 is 0 Å². The molecule has 0 aromatic heterocycles. The van der Waals surface area contributed by atoms with Crippen molar-refractivity contribution in [2.24, 2.45) is 11.7 Å². The summed E-state index contributed by atoms with van der Waals surface area (Å²) in [5.41, 5.74) is 7.87. The molecule has 1 saturated heterocycles. The fraction of sp³-hybridized carbons (Fsp3) is 0.579. The van der Waals surface area contributed by atoms with Gasteiger partial charge in [0.2, 0.25) is 5.91 Å². The Balaban J connectivity index is 0.00000288. The van der Waals surface area contributed by atoms with Gasteiger partial charge in [0.25, 0.3) is 0 Å². The van der Waals surface area contributed by atoms with Gasteiger partial charge in [0.1, 0.15) is 0 Å². The number of Topliss-reactive ketones (excluding diaryl/α,β-unsaturated/α-hetero) is 1. The summed E-state index contributed by atoms with van der Waals surface area (Å²) in [5, 5.41) is 0. The van der Waals surface area contributed by atoms with Gasteiger partial charge >= 0.3 is 0 Å². The minimum atomic E-state index is 0. The Labute approximate surface area is 151 Å². The molecule has 134 valence electrons. The second-order valence-corrected chi connectivity index (χ2v) is 6.57. The molecule has 24 heavy (non-hydrogen) atoms. The van der Waals surface area contributed by atoms with Crippen LogP contribution in [0.1, 0.15) is 55.5 Å². The van der Waals surface area contributed by atoms with Crippen molar-refractivity contribution in [1.29, 1.82) is 0 Å². The van der Waals surface area contributed by atoms with E-state index in [-0.39, 0.29) is 36.6 Å². The zero-order chi connectivity index (χ0) is 16.8. The van der Waals surface area contributed by atoms with E-state index in [0.29, 0.717) is 17.9 Å². The number of amides is 1. The molecule has 4 nitrogen and oxygen atoms in total. The SMILES string of the molecule is CCc1ccc(C(=O)CCC(=O)N2CCCC(C(C)N)C2)cc1.Cl. The van der Waals surface area contributed by atoms with Crippen LogP contribution < -0.4 is 5.73 Å². The molecule has 1 fully saturated rings. The fourth-order valence-electron chi connectivity index (χ4n) is 3.11. The summed E-state index contributed by atoms with van der Waals surface area (Å²) >= 11 is 0. The van der Waals surface area contributed by atoms with Crippen LogP contribution in [0.3, 0.4) is 0 Å². The van der Waals surface area contributed by atoms with E-state index in [2.05, 4.69) is 6.92 Å². The Morgan fingerprint density at radius 2 is 1.92 bits per heavy atom. The van der Waals surface area contributed by atoms with Crippen molar-refractivity contribution >= 4 is 24.1 Å². The first-order valence-electron chi connectivity index (χ1n) is 8.66. The van der Waals surface area contributed by atoms with Crippen molar-refractivity contribution in [3.63, 3.8) is 0 Å². The molecule has 0 saturated carbocycles. The van der Waals surface area contributed by atoms with E-state index < -0.39 is 0 Å². The van der Waals surface area contributed by atoms with Gasteiger partial charge in [0.05, 0.1) is 0 Å². The Morgan fingerprint density at radius 3 is 2.50 bits per heavy atom. The lowest BCUT2D eigenvalue weighted by atomic mass is 9.92. The lowest BCUT2D eigenvalue weighted by molar-refractivity contribution is -0.133. The quantitative estimate of drug-likeness (QED) is 0.799. The molecule has 1 heterocycles. The third-order valence-corrected chi connectivity index (χ3v) is 4.80. The molecule has 2 N–H and O–H groups in total. The number of likely N-dealkylation sites (tertiary alicyclic amines) is 1.